The van der Waals surface area contributed by atoms with Crippen LogP contribution in [0, 0.1) is 0 Å². The van der Waals surface area contributed by atoms with Crippen LogP contribution < -0.4 is 5.73 Å². The number of carbonyl (C=O) groups is 1. The molecular weight excluding hydrogens is 250 g/mol. The lowest BCUT2D eigenvalue weighted by Crippen LogP contribution is -2.12. The first kappa shape index (κ1) is 14.4. The van der Waals surface area contributed by atoms with Crippen LogP contribution in [0.25, 0.3) is 10.8 Å². The zero-order chi connectivity index (χ0) is 14.5. The number of amides is 1. The van der Waals surface area contributed by atoms with Gasteiger partial charge in [-0.25, -0.2) is 0 Å². The van der Waals surface area contributed by atoms with Crippen LogP contribution >= 0.6 is 0 Å². The number of primary amides is 1. The molecule has 3 heteroatoms. The maximum atomic E-state index is 11.0. The Morgan fingerprint density at radius 2 is 2.05 bits per heavy atom. The first-order valence-electron chi connectivity index (χ1n) is 7.11. The van der Waals surface area contributed by atoms with E-state index >= 15 is 0 Å². The van der Waals surface area contributed by atoms with E-state index in [1.54, 1.807) is 12.1 Å². The summed E-state index contributed by atoms with van der Waals surface area (Å²) in [6, 6.07) is 11.6. The van der Waals surface area contributed by atoms with Gasteiger partial charge in [0.2, 0.25) is 5.91 Å². The zero-order valence-corrected chi connectivity index (χ0v) is 11.8. The molecule has 0 saturated carbocycles. The van der Waals surface area contributed by atoms with Gasteiger partial charge in [0, 0.05) is 6.42 Å². The smallest absolute Gasteiger partial charge is 0.217 e. The molecule has 0 aliphatic rings. The largest absolute Gasteiger partial charge is 0.508 e. The minimum atomic E-state index is -0.255. The number of nitrogens with two attached hydrogens (primary N) is 1. The third-order valence-electron chi connectivity index (χ3n) is 3.72. The van der Waals surface area contributed by atoms with Crippen molar-refractivity contribution in [2.24, 2.45) is 5.73 Å². The summed E-state index contributed by atoms with van der Waals surface area (Å²) < 4.78 is 0. The topological polar surface area (TPSA) is 63.3 Å². The molecule has 0 heterocycles. The number of hydrogen-bond acceptors (Lipinski definition) is 2. The molecule has 2 aromatic carbocycles. The van der Waals surface area contributed by atoms with E-state index < -0.39 is 0 Å². The highest BCUT2D eigenvalue weighted by Gasteiger charge is 2.15. The number of rotatable bonds is 6. The van der Waals surface area contributed by atoms with Crippen LogP contribution in [-0.4, -0.2) is 11.0 Å². The summed E-state index contributed by atoms with van der Waals surface area (Å²) in [6.07, 6.45) is 3.23. The van der Waals surface area contributed by atoms with Gasteiger partial charge in [0.1, 0.15) is 5.75 Å². The van der Waals surface area contributed by atoms with Gasteiger partial charge in [-0.1, -0.05) is 37.6 Å². The average Bonchev–Trinajstić information content (AvgIpc) is 2.42. The van der Waals surface area contributed by atoms with E-state index in [-0.39, 0.29) is 11.7 Å². The summed E-state index contributed by atoms with van der Waals surface area (Å²) >= 11 is 0. The van der Waals surface area contributed by atoms with E-state index in [0.717, 1.165) is 30.0 Å². The highest BCUT2D eigenvalue weighted by Crippen LogP contribution is 2.33. The van der Waals surface area contributed by atoms with Crippen LogP contribution in [0.15, 0.2) is 36.4 Å². The van der Waals surface area contributed by atoms with E-state index in [2.05, 4.69) is 13.0 Å². The molecule has 0 aliphatic carbocycles. The van der Waals surface area contributed by atoms with Gasteiger partial charge in [-0.15, -0.1) is 0 Å². The first-order chi connectivity index (χ1) is 9.61. The third kappa shape index (κ3) is 3.29. The van der Waals surface area contributed by atoms with Crippen molar-refractivity contribution >= 4 is 16.7 Å². The number of aromatic hydroxyl groups is 1. The predicted molar refractivity (Wildman–Crippen MR) is 81.7 cm³/mol. The minimum Gasteiger partial charge on any atom is -0.508 e. The Hall–Kier alpha value is -2.03. The lowest BCUT2D eigenvalue weighted by molar-refractivity contribution is -0.118. The summed E-state index contributed by atoms with van der Waals surface area (Å²) in [4.78, 5) is 11.0. The molecule has 0 spiro atoms. The highest BCUT2D eigenvalue weighted by molar-refractivity contribution is 5.87. The van der Waals surface area contributed by atoms with E-state index in [4.69, 9.17) is 5.73 Å². The Bertz CT molecular complexity index is 607. The molecule has 0 aromatic heterocycles. The third-order valence-corrected chi connectivity index (χ3v) is 3.72. The second-order valence-electron chi connectivity index (χ2n) is 5.24. The van der Waals surface area contributed by atoms with E-state index in [0.29, 0.717) is 12.3 Å². The van der Waals surface area contributed by atoms with Gasteiger partial charge in [-0.3, -0.25) is 4.79 Å². The van der Waals surface area contributed by atoms with Gasteiger partial charge in [0.15, 0.2) is 0 Å². The Kier molecular flexibility index (Phi) is 4.61. The van der Waals surface area contributed by atoms with Crippen molar-refractivity contribution in [3.05, 3.63) is 42.0 Å². The Morgan fingerprint density at radius 1 is 1.25 bits per heavy atom. The standard InChI is InChI=1S/C17H21NO2/c1-2-4-12(8-10-17(18)20)15-6-3-5-13-7-9-14(19)11-16(13)15/h3,5-7,9,11-12,19H,2,4,8,10H2,1H3,(H2,18,20). The molecule has 2 rings (SSSR count). The highest BCUT2D eigenvalue weighted by atomic mass is 16.3. The van der Waals surface area contributed by atoms with Crippen LogP contribution in [0.1, 0.15) is 44.1 Å². The van der Waals surface area contributed by atoms with Crippen molar-refractivity contribution in [1.29, 1.82) is 0 Å². The molecule has 3 N–H and O–H groups in total. The number of phenolic OH excluding ortho intramolecular Hbond substituents is 1. The van der Waals surface area contributed by atoms with E-state index in [1.807, 2.05) is 18.2 Å². The maximum absolute atomic E-state index is 11.0. The summed E-state index contributed by atoms with van der Waals surface area (Å²) in [6.45, 7) is 2.14. The van der Waals surface area contributed by atoms with Crippen molar-refractivity contribution in [3.8, 4) is 5.75 Å². The SMILES string of the molecule is CCCC(CCC(N)=O)c1cccc2ccc(O)cc12. The van der Waals surface area contributed by atoms with Gasteiger partial charge >= 0.3 is 0 Å². The maximum Gasteiger partial charge on any atom is 0.217 e. The van der Waals surface area contributed by atoms with Crippen molar-refractivity contribution in [2.75, 3.05) is 0 Å². The zero-order valence-electron chi connectivity index (χ0n) is 11.8. The molecule has 0 saturated heterocycles. The molecule has 3 nitrogen and oxygen atoms in total. The fourth-order valence-electron chi connectivity index (χ4n) is 2.76. The van der Waals surface area contributed by atoms with Gasteiger partial charge in [0.05, 0.1) is 0 Å². The average molecular weight is 271 g/mol. The number of carbonyl (C=O) groups excluding carboxylic acids is 1. The number of phenols is 1. The number of fused-ring (bicyclic) bond motifs is 1. The molecular formula is C17H21NO2. The minimum absolute atomic E-state index is 0.255. The van der Waals surface area contributed by atoms with Gasteiger partial charge in [-0.2, -0.15) is 0 Å². The molecule has 106 valence electrons. The van der Waals surface area contributed by atoms with E-state index in [9.17, 15) is 9.90 Å². The molecule has 0 aliphatic heterocycles. The van der Waals surface area contributed by atoms with Crippen molar-refractivity contribution in [1.82, 2.24) is 0 Å². The van der Waals surface area contributed by atoms with Gasteiger partial charge in [0.25, 0.3) is 0 Å². The van der Waals surface area contributed by atoms with Crippen molar-refractivity contribution < 1.29 is 9.90 Å². The molecule has 2 aromatic rings. The molecule has 0 fully saturated rings. The monoisotopic (exact) mass is 271 g/mol. The van der Waals surface area contributed by atoms with Crippen LogP contribution in [0.5, 0.6) is 5.75 Å². The Balaban J connectivity index is 2.41. The molecule has 20 heavy (non-hydrogen) atoms. The Labute approximate surface area is 119 Å². The van der Waals surface area contributed by atoms with Crippen LogP contribution in [0.4, 0.5) is 0 Å². The summed E-state index contributed by atoms with van der Waals surface area (Å²) in [7, 11) is 0. The van der Waals surface area contributed by atoms with Crippen LogP contribution in [0.3, 0.4) is 0 Å². The van der Waals surface area contributed by atoms with Gasteiger partial charge < -0.3 is 10.8 Å². The predicted octanol–water partition coefficient (Wildman–Crippen LogP) is 3.69. The second kappa shape index (κ2) is 6.42. The normalized spacial score (nSPS) is 12.4. The molecule has 0 bridgehead atoms. The Morgan fingerprint density at radius 3 is 2.75 bits per heavy atom. The molecule has 0 radical (unpaired) electrons. The second-order valence-corrected chi connectivity index (χ2v) is 5.24. The molecule has 1 unspecified atom stereocenters. The lowest BCUT2D eigenvalue weighted by Gasteiger charge is -2.18. The first-order valence-corrected chi connectivity index (χ1v) is 7.11. The lowest BCUT2D eigenvalue weighted by atomic mass is 9.87. The fraction of sp³-hybridized carbons (Fsp3) is 0.353. The van der Waals surface area contributed by atoms with Crippen molar-refractivity contribution in [3.63, 3.8) is 0 Å². The quantitative estimate of drug-likeness (QED) is 0.841. The summed E-state index contributed by atoms with van der Waals surface area (Å²) in [5, 5.41) is 11.9. The molecule has 1 amide bonds. The number of hydrogen-bond donors (Lipinski definition) is 2. The van der Waals surface area contributed by atoms with E-state index in [1.165, 1.54) is 5.56 Å². The summed E-state index contributed by atoms with van der Waals surface area (Å²) in [5.74, 6) is 0.322. The van der Waals surface area contributed by atoms with Crippen LogP contribution in [0.2, 0.25) is 0 Å². The number of benzene rings is 2. The fourth-order valence-corrected chi connectivity index (χ4v) is 2.76. The summed E-state index contributed by atoms with van der Waals surface area (Å²) in [5.41, 5.74) is 6.47. The van der Waals surface area contributed by atoms with Crippen molar-refractivity contribution in [2.45, 2.75) is 38.5 Å². The van der Waals surface area contributed by atoms with Gasteiger partial charge in [-0.05, 0) is 47.2 Å². The van der Waals surface area contributed by atoms with Crippen LogP contribution in [-0.2, 0) is 4.79 Å². The molecule has 1 atom stereocenters.